The lowest BCUT2D eigenvalue weighted by Crippen LogP contribution is -2.09. The molecule has 1 aromatic heterocycles. The van der Waals surface area contributed by atoms with E-state index >= 15 is 0 Å². The van der Waals surface area contributed by atoms with E-state index < -0.39 is 5.97 Å². The molecule has 0 saturated carbocycles. The lowest BCUT2D eigenvalue weighted by atomic mass is 10.0. The van der Waals surface area contributed by atoms with Gasteiger partial charge in [-0.25, -0.2) is 0 Å². The molecule has 1 heterocycles. The van der Waals surface area contributed by atoms with E-state index in [1.807, 2.05) is 18.7 Å². The summed E-state index contributed by atoms with van der Waals surface area (Å²) in [6, 6.07) is 2.05. The van der Waals surface area contributed by atoms with Gasteiger partial charge in [0.25, 0.3) is 0 Å². The Morgan fingerprint density at radius 2 is 2.33 bits per heavy atom. The normalized spacial score (nSPS) is 12.7. The molecule has 0 aromatic carbocycles. The molecule has 15 heavy (non-hydrogen) atoms. The van der Waals surface area contributed by atoms with Gasteiger partial charge in [-0.05, 0) is 24.8 Å². The van der Waals surface area contributed by atoms with Gasteiger partial charge in [-0.1, -0.05) is 13.8 Å². The number of nitrogens with zero attached hydrogens (tertiary/aromatic N) is 2. The average Bonchev–Trinajstić information content (AvgIpc) is 2.46. The molecular weight excluding hydrogens is 192 g/mol. The molecule has 0 aliphatic heterocycles. The molecule has 4 nitrogen and oxygen atoms in total. The minimum Gasteiger partial charge on any atom is -0.481 e. The van der Waals surface area contributed by atoms with Crippen LogP contribution in [-0.4, -0.2) is 20.9 Å². The topological polar surface area (TPSA) is 55.1 Å². The number of carboxylic acid groups (broad SMARTS) is 1. The maximum atomic E-state index is 10.5. The Kier molecular flexibility index (Phi) is 3.88. The van der Waals surface area contributed by atoms with Crippen molar-refractivity contribution >= 4 is 5.97 Å². The Balaban J connectivity index is 2.63. The van der Waals surface area contributed by atoms with Crippen LogP contribution in [0.4, 0.5) is 0 Å². The molecule has 0 fully saturated rings. The Bertz CT molecular complexity index is 344. The van der Waals surface area contributed by atoms with Gasteiger partial charge in [-0.15, -0.1) is 0 Å². The van der Waals surface area contributed by atoms with Crippen molar-refractivity contribution in [1.29, 1.82) is 0 Å². The van der Waals surface area contributed by atoms with Crippen LogP contribution in [0.3, 0.4) is 0 Å². The lowest BCUT2D eigenvalue weighted by Gasteiger charge is -2.07. The first-order chi connectivity index (χ1) is 7.02. The number of rotatable bonds is 5. The zero-order valence-electron chi connectivity index (χ0n) is 9.53. The van der Waals surface area contributed by atoms with Crippen molar-refractivity contribution in [2.24, 2.45) is 13.0 Å². The molecule has 0 radical (unpaired) electrons. The van der Waals surface area contributed by atoms with Crippen LogP contribution in [0.2, 0.25) is 0 Å². The van der Waals surface area contributed by atoms with E-state index in [4.69, 9.17) is 5.11 Å². The minimum absolute atomic E-state index is 0.155. The fraction of sp³-hybridized carbons (Fsp3) is 0.636. The molecule has 4 heteroatoms. The standard InChI is InChI=1S/C11H18N2O2/c1-4-9-7-10(13(3)12-9)5-8(2)6-11(14)15/h7-8H,4-6H2,1-3H3,(H,14,15). The van der Waals surface area contributed by atoms with Gasteiger partial charge in [0.1, 0.15) is 0 Å². The fourth-order valence-electron chi connectivity index (χ4n) is 1.66. The molecule has 1 atom stereocenters. The van der Waals surface area contributed by atoms with Crippen LogP contribution in [-0.2, 0) is 24.7 Å². The van der Waals surface area contributed by atoms with Crippen LogP contribution in [0.1, 0.15) is 31.7 Å². The molecule has 1 unspecified atom stereocenters. The molecule has 0 spiro atoms. The predicted molar refractivity (Wildman–Crippen MR) is 57.7 cm³/mol. The van der Waals surface area contributed by atoms with Crippen molar-refractivity contribution in [3.63, 3.8) is 0 Å². The van der Waals surface area contributed by atoms with Crippen molar-refractivity contribution in [3.05, 3.63) is 17.5 Å². The van der Waals surface area contributed by atoms with Gasteiger partial charge >= 0.3 is 5.97 Å². The summed E-state index contributed by atoms with van der Waals surface area (Å²) in [5.41, 5.74) is 2.18. The first-order valence-electron chi connectivity index (χ1n) is 5.26. The summed E-state index contributed by atoms with van der Waals surface area (Å²) in [7, 11) is 1.90. The molecule has 0 saturated heterocycles. The van der Waals surface area contributed by atoms with Gasteiger partial charge in [0, 0.05) is 19.2 Å². The van der Waals surface area contributed by atoms with E-state index in [9.17, 15) is 4.79 Å². The van der Waals surface area contributed by atoms with Gasteiger partial charge in [-0.3, -0.25) is 9.48 Å². The molecular formula is C11H18N2O2. The third kappa shape index (κ3) is 3.38. The van der Waals surface area contributed by atoms with E-state index in [0.717, 1.165) is 24.2 Å². The highest BCUT2D eigenvalue weighted by molar-refractivity contribution is 5.66. The summed E-state index contributed by atoms with van der Waals surface area (Å²) in [5.74, 6) is -0.581. The smallest absolute Gasteiger partial charge is 0.303 e. The maximum absolute atomic E-state index is 10.5. The van der Waals surface area contributed by atoms with Crippen molar-refractivity contribution < 1.29 is 9.90 Å². The zero-order chi connectivity index (χ0) is 11.4. The second kappa shape index (κ2) is 4.96. The summed E-state index contributed by atoms with van der Waals surface area (Å²) in [6.45, 7) is 4.01. The lowest BCUT2D eigenvalue weighted by molar-refractivity contribution is -0.137. The number of carboxylic acids is 1. The molecule has 1 N–H and O–H groups in total. The van der Waals surface area contributed by atoms with Crippen LogP contribution in [0.25, 0.3) is 0 Å². The van der Waals surface area contributed by atoms with E-state index in [1.165, 1.54) is 0 Å². The summed E-state index contributed by atoms with van der Waals surface area (Å²) < 4.78 is 1.84. The van der Waals surface area contributed by atoms with Gasteiger partial charge in [0.2, 0.25) is 0 Å². The van der Waals surface area contributed by atoms with Gasteiger partial charge in [-0.2, -0.15) is 5.10 Å². The third-order valence-corrected chi connectivity index (χ3v) is 2.47. The van der Waals surface area contributed by atoms with Crippen LogP contribution in [0.15, 0.2) is 6.07 Å². The van der Waals surface area contributed by atoms with E-state index in [1.54, 1.807) is 0 Å². The molecule has 1 rings (SSSR count). The first-order valence-corrected chi connectivity index (χ1v) is 5.26. The van der Waals surface area contributed by atoms with Crippen molar-refractivity contribution in [2.75, 3.05) is 0 Å². The Morgan fingerprint density at radius 3 is 2.80 bits per heavy atom. The number of carbonyl (C=O) groups is 1. The van der Waals surface area contributed by atoms with E-state index in [2.05, 4.69) is 18.1 Å². The van der Waals surface area contributed by atoms with Crippen LogP contribution < -0.4 is 0 Å². The molecule has 84 valence electrons. The summed E-state index contributed by atoms with van der Waals surface area (Å²) >= 11 is 0. The fourth-order valence-corrected chi connectivity index (χ4v) is 1.66. The Hall–Kier alpha value is -1.32. The quantitative estimate of drug-likeness (QED) is 0.803. The summed E-state index contributed by atoms with van der Waals surface area (Å²) in [5, 5.41) is 13.0. The second-order valence-corrected chi connectivity index (χ2v) is 4.01. The first kappa shape index (κ1) is 11.8. The highest BCUT2D eigenvalue weighted by Crippen LogP contribution is 2.13. The molecule has 0 aliphatic rings. The summed E-state index contributed by atoms with van der Waals surface area (Å²) in [4.78, 5) is 10.5. The monoisotopic (exact) mass is 210 g/mol. The van der Waals surface area contributed by atoms with Gasteiger partial charge in [0.05, 0.1) is 5.69 Å². The van der Waals surface area contributed by atoms with Crippen molar-refractivity contribution in [2.45, 2.75) is 33.1 Å². The number of aromatic nitrogens is 2. The number of hydrogen-bond acceptors (Lipinski definition) is 2. The largest absolute Gasteiger partial charge is 0.481 e. The molecule has 0 bridgehead atoms. The van der Waals surface area contributed by atoms with Gasteiger partial charge < -0.3 is 5.11 Å². The number of aliphatic carboxylic acids is 1. The van der Waals surface area contributed by atoms with Crippen molar-refractivity contribution in [1.82, 2.24) is 9.78 Å². The second-order valence-electron chi connectivity index (χ2n) is 4.01. The third-order valence-electron chi connectivity index (χ3n) is 2.47. The zero-order valence-corrected chi connectivity index (χ0v) is 9.53. The van der Waals surface area contributed by atoms with Crippen LogP contribution in [0, 0.1) is 5.92 Å². The maximum Gasteiger partial charge on any atom is 0.303 e. The van der Waals surface area contributed by atoms with Crippen molar-refractivity contribution in [3.8, 4) is 0 Å². The molecule has 0 aliphatic carbocycles. The minimum atomic E-state index is -0.736. The molecule has 0 amide bonds. The highest BCUT2D eigenvalue weighted by atomic mass is 16.4. The van der Waals surface area contributed by atoms with E-state index in [-0.39, 0.29) is 12.3 Å². The van der Waals surface area contributed by atoms with Crippen LogP contribution in [0.5, 0.6) is 0 Å². The predicted octanol–water partition coefficient (Wildman–Crippen LogP) is 1.64. The SMILES string of the molecule is CCc1cc(CC(C)CC(=O)O)n(C)n1. The number of aryl methyl sites for hydroxylation is 2. The Morgan fingerprint density at radius 1 is 1.67 bits per heavy atom. The Labute approximate surface area is 89.9 Å². The van der Waals surface area contributed by atoms with E-state index in [0.29, 0.717) is 0 Å². The average molecular weight is 210 g/mol. The summed E-state index contributed by atoms with van der Waals surface area (Å²) in [6.07, 6.45) is 1.91. The molecule has 1 aromatic rings. The highest BCUT2D eigenvalue weighted by Gasteiger charge is 2.11. The van der Waals surface area contributed by atoms with Crippen LogP contribution >= 0.6 is 0 Å². The number of hydrogen-bond donors (Lipinski definition) is 1. The van der Waals surface area contributed by atoms with Gasteiger partial charge in [0.15, 0.2) is 0 Å².